The standard InChI is InChI=1S/C19H17N5O6S/c1-12-9-18(22-30-12)19(25)20-15-6-3-5-14(10-15)13(2)21-23-31(28,29)17-8-4-7-16(11-17)24(26)27/h3-11,23H,1-2H3,(H,20,25). The fourth-order valence-corrected chi connectivity index (χ4v) is 3.40. The fourth-order valence-electron chi connectivity index (χ4n) is 2.50. The minimum atomic E-state index is -4.11. The van der Waals surface area contributed by atoms with E-state index < -0.39 is 20.9 Å². The average molecular weight is 443 g/mol. The van der Waals surface area contributed by atoms with E-state index in [-0.39, 0.29) is 16.3 Å². The van der Waals surface area contributed by atoms with Gasteiger partial charge in [-0.1, -0.05) is 23.4 Å². The molecule has 1 amide bonds. The number of nitro groups is 1. The quantitative estimate of drug-likeness (QED) is 0.323. The van der Waals surface area contributed by atoms with E-state index in [9.17, 15) is 23.3 Å². The van der Waals surface area contributed by atoms with E-state index in [2.05, 4.69) is 20.4 Å². The van der Waals surface area contributed by atoms with Crippen LogP contribution in [0.4, 0.5) is 11.4 Å². The van der Waals surface area contributed by atoms with Crippen LogP contribution in [-0.4, -0.2) is 30.1 Å². The summed E-state index contributed by atoms with van der Waals surface area (Å²) < 4.78 is 29.7. The number of carbonyl (C=O) groups is 1. The third kappa shape index (κ3) is 5.30. The van der Waals surface area contributed by atoms with Gasteiger partial charge in [-0.25, -0.2) is 0 Å². The van der Waals surface area contributed by atoms with Crippen LogP contribution >= 0.6 is 0 Å². The molecule has 2 aromatic carbocycles. The Morgan fingerprint density at radius 1 is 1.16 bits per heavy atom. The molecule has 3 rings (SSSR count). The van der Waals surface area contributed by atoms with Crippen molar-refractivity contribution in [2.24, 2.45) is 5.10 Å². The SMILES string of the molecule is CC(=NNS(=O)(=O)c1cccc([N+](=O)[O-])c1)c1cccc(NC(=O)c2cc(C)on2)c1. The van der Waals surface area contributed by atoms with Crippen molar-refractivity contribution in [3.05, 3.63) is 81.7 Å². The van der Waals surface area contributed by atoms with Crippen molar-refractivity contribution >= 4 is 33.0 Å². The molecule has 0 bridgehead atoms. The highest BCUT2D eigenvalue weighted by Gasteiger charge is 2.17. The molecule has 12 heteroatoms. The van der Waals surface area contributed by atoms with Gasteiger partial charge in [0.15, 0.2) is 5.69 Å². The van der Waals surface area contributed by atoms with Crippen molar-refractivity contribution in [3.8, 4) is 0 Å². The zero-order chi connectivity index (χ0) is 22.6. The molecule has 0 aliphatic carbocycles. The van der Waals surface area contributed by atoms with E-state index in [1.807, 2.05) is 0 Å². The normalized spacial score (nSPS) is 11.7. The Labute approximate surface area is 177 Å². The highest BCUT2D eigenvalue weighted by molar-refractivity contribution is 7.89. The van der Waals surface area contributed by atoms with Gasteiger partial charge in [-0.2, -0.15) is 18.4 Å². The largest absolute Gasteiger partial charge is 0.361 e. The number of aromatic nitrogens is 1. The number of aryl methyl sites for hydroxylation is 1. The molecule has 160 valence electrons. The zero-order valence-corrected chi connectivity index (χ0v) is 17.2. The van der Waals surface area contributed by atoms with E-state index in [0.29, 0.717) is 22.7 Å². The second-order valence-electron chi connectivity index (χ2n) is 6.40. The second kappa shape index (κ2) is 8.75. The van der Waals surface area contributed by atoms with Gasteiger partial charge in [0.1, 0.15) is 5.76 Å². The summed E-state index contributed by atoms with van der Waals surface area (Å²) in [5.41, 5.74) is 1.06. The highest BCUT2D eigenvalue weighted by atomic mass is 32.2. The van der Waals surface area contributed by atoms with Crippen molar-refractivity contribution < 1.29 is 22.7 Å². The molecule has 0 fully saturated rings. The molecule has 0 saturated heterocycles. The van der Waals surface area contributed by atoms with E-state index in [0.717, 1.165) is 6.07 Å². The minimum absolute atomic E-state index is 0.123. The first-order valence-electron chi connectivity index (χ1n) is 8.81. The van der Waals surface area contributed by atoms with Crippen LogP contribution in [0.2, 0.25) is 0 Å². The summed E-state index contributed by atoms with van der Waals surface area (Å²) in [6.45, 7) is 3.23. The predicted octanol–water partition coefficient (Wildman–Crippen LogP) is 2.85. The van der Waals surface area contributed by atoms with Crippen LogP contribution in [0.25, 0.3) is 0 Å². The van der Waals surface area contributed by atoms with Crippen molar-refractivity contribution in [1.82, 2.24) is 9.99 Å². The Bertz CT molecular complexity index is 1280. The minimum Gasteiger partial charge on any atom is -0.361 e. The molecule has 1 heterocycles. The lowest BCUT2D eigenvalue weighted by molar-refractivity contribution is -0.385. The molecule has 3 aromatic rings. The zero-order valence-electron chi connectivity index (χ0n) is 16.4. The van der Waals surface area contributed by atoms with Crippen LogP contribution in [0.15, 0.2) is 69.1 Å². The molecule has 0 aliphatic rings. The van der Waals surface area contributed by atoms with Gasteiger partial charge in [-0.3, -0.25) is 14.9 Å². The number of hydrogen-bond acceptors (Lipinski definition) is 8. The van der Waals surface area contributed by atoms with Crippen LogP contribution in [0, 0.1) is 17.0 Å². The summed E-state index contributed by atoms with van der Waals surface area (Å²) in [5.74, 6) is 0.0351. The third-order valence-electron chi connectivity index (χ3n) is 4.07. The number of sulfonamides is 1. The van der Waals surface area contributed by atoms with E-state index in [4.69, 9.17) is 4.52 Å². The molecule has 0 unspecified atom stereocenters. The van der Waals surface area contributed by atoms with Crippen LogP contribution in [-0.2, 0) is 10.0 Å². The molecule has 2 N–H and O–H groups in total. The molecule has 0 atom stereocenters. The van der Waals surface area contributed by atoms with E-state index >= 15 is 0 Å². The topological polar surface area (TPSA) is 157 Å². The van der Waals surface area contributed by atoms with Gasteiger partial charge in [0.05, 0.1) is 15.5 Å². The van der Waals surface area contributed by atoms with Crippen molar-refractivity contribution in [1.29, 1.82) is 0 Å². The monoisotopic (exact) mass is 443 g/mol. The number of anilines is 1. The first-order chi connectivity index (χ1) is 14.7. The molecular weight excluding hydrogens is 426 g/mol. The average Bonchev–Trinajstić information content (AvgIpc) is 3.19. The summed E-state index contributed by atoms with van der Waals surface area (Å²) in [4.78, 5) is 24.1. The van der Waals surface area contributed by atoms with Gasteiger partial charge in [0.2, 0.25) is 0 Å². The maximum absolute atomic E-state index is 12.4. The Hall–Kier alpha value is -4.06. The number of carbonyl (C=O) groups excluding carboxylic acids is 1. The predicted molar refractivity (Wildman–Crippen MR) is 111 cm³/mol. The van der Waals surface area contributed by atoms with E-state index in [1.54, 1.807) is 38.1 Å². The Balaban J connectivity index is 1.75. The number of benzene rings is 2. The Morgan fingerprint density at radius 2 is 1.90 bits per heavy atom. The van der Waals surface area contributed by atoms with Crippen molar-refractivity contribution in [3.63, 3.8) is 0 Å². The summed E-state index contributed by atoms with van der Waals surface area (Å²) in [6.07, 6.45) is 0. The number of rotatable bonds is 7. The van der Waals surface area contributed by atoms with Crippen LogP contribution in [0.5, 0.6) is 0 Å². The van der Waals surface area contributed by atoms with Gasteiger partial charge in [-0.05, 0) is 37.6 Å². The number of hydrogen-bond donors (Lipinski definition) is 2. The van der Waals surface area contributed by atoms with Gasteiger partial charge >= 0.3 is 0 Å². The maximum Gasteiger partial charge on any atom is 0.277 e. The number of amides is 1. The number of nitro benzene ring substituents is 1. The summed E-state index contributed by atoms with van der Waals surface area (Å²) in [6, 6.07) is 12.7. The lowest BCUT2D eigenvalue weighted by atomic mass is 10.1. The van der Waals surface area contributed by atoms with E-state index in [1.165, 1.54) is 24.3 Å². The third-order valence-corrected chi connectivity index (χ3v) is 5.28. The second-order valence-corrected chi connectivity index (χ2v) is 8.06. The van der Waals surface area contributed by atoms with Crippen LogP contribution in [0.3, 0.4) is 0 Å². The number of nitrogens with zero attached hydrogens (tertiary/aromatic N) is 3. The summed E-state index contributed by atoms with van der Waals surface area (Å²) >= 11 is 0. The van der Waals surface area contributed by atoms with Gasteiger partial charge < -0.3 is 9.84 Å². The lowest BCUT2D eigenvalue weighted by Gasteiger charge is -2.08. The summed E-state index contributed by atoms with van der Waals surface area (Å²) in [7, 11) is -4.11. The number of non-ortho nitro benzene ring substituents is 1. The first kappa shape index (κ1) is 21.6. The van der Waals surface area contributed by atoms with Gasteiger partial charge in [-0.15, -0.1) is 0 Å². The maximum atomic E-state index is 12.4. The van der Waals surface area contributed by atoms with Gasteiger partial charge in [0.25, 0.3) is 21.6 Å². The smallest absolute Gasteiger partial charge is 0.277 e. The number of hydrazone groups is 1. The molecule has 0 spiro atoms. The van der Waals surface area contributed by atoms with Gasteiger partial charge in [0, 0.05) is 23.9 Å². The number of nitrogens with one attached hydrogen (secondary N) is 2. The van der Waals surface area contributed by atoms with Crippen molar-refractivity contribution in [2.45, 2.75) is 18.7 Å². The molecule has 0 aliphatic heterocycles. The first-order valence-corrected chi connectivity index (χ1v) is 10.3. The molecule has 31 heavy (non-hydrogen) atoms. The van der Waals surface area contributed by atoms with Crippen molar-refractivity contribution in [2.75, 3.05) is 5.32 Å². The lowest BCUT2D eigenvalue weighted by Crippen LogP contribution is -2.20. The highest BCUT2D eigenvalue weighted by Crippen LogP contribution is 2.18. The fraction of sp³-hybridized carbons (Fsp3) is 0.105. The Kier molecular flexibility index (Phi) is 6.11. The van der Waals surface area contributed by atoms with Crippen LogP contribution in [0.1, 0.15) is 28.7 Å². The molecular formula is C19H17N5O6S. The molecule has 0 saturated carbocycles. The molecule has 0 radical (unpaired) electrons. The molecule has 1 aromatic heterocycles. The summed E-state index contributed by atoms with van der Waals surface area (Å²) in [5, 5.41) is 21.0. The molecule has 11 nitrogen and oxygen atoms in total. The Morgan fingerprint density at radius 3 is 2.58 bits per heavy atom. The van der Waals surface area contributed by atoms with Crippen LogP contribution < -0.4 is 10.1 Å².